The molecule has 1 saturated carbocycles. The van der Waals surface area contributed by atoms with Crippen LogP contribution in [0.25, 0.3) is 11.1 Å². The molecule has 23 heavy (non-hydrogen) atoms. The topological polar surface area (TPSA) is 16.4 Å². The third-order valence-corrected chi connectivity index (χ3v) is 6.44. The molecule has 1 aromatic carbocycles. The van der Waals surface area contributed by atoms with Crippen LogP contribution in [0.1, 0.15) is 43.2 Å². The predicted octanol–water partition coefficient (Wildman–Crippen LogP) is 4.64. The molecular formula is C21H25NO. The first-order valence-corrected chi connectivity index (χ1v) is 9.21. The summed E-state index contributed by atoms with van der Waals surface area (Å²) in [5.41, 5.74) is 6.21. The lowest BCUT2D eigenvalue weighted by Crippen LogP contribution is -2.42. The summed E-state index contributed by atoms with van der Waals surface area (Å²) >= 11 is 0. The van der Waals surface area contributed by atoms with Gasteiger partial charge < -0.3 is 9.32 Å². The molecule has 0 unspecified atom stereocenters. The van der Waals surface area contributed by atoms with Crippen molar-refractivity contribution in [3.05, 3.63) is 47.9 Å². The quantitative estimate of drug-likeness (QED) is 0.821. The summed E-state index contributed by atoms with van der Waals surface area (Å²) in [4.78, 5) is 2.72. The molecule has 1 aromatic heterocycles. The fourth-order valence-corrected chi connectivity index (χ4v) is 4.75. The van der Waals surface area contributed by atoms with Gasteiger partial charge in [0.15, 0.2) is 0 Å². The number of aryl methyl sites for hydroxylation is 1. The van der Waals surface area contributed by atoms with Crippen LogP contribution in [0, 0.1) is 5.92 Å². The van der Waals surface area contributed by atoms with E-state index in [1.54, 1.807) is 17.4 Å². The second kappa shape index (κ2) is 5.24. The highest BCUT2D eigenvalue weighted by Crippen LogP contribution is 2.47. The molecule has 2 aromatic rings. The van der Waals surface area contributed by atoms with Crippen molar-refractivity contribution in [2.24, 2.45) is 5.92 Å². The molecule has 3 aliphatic rings. The van der Waals surface area contributed by atoms with Crippen molar-refractivity contribution in [3.63, 3.8) is 0 Å². The lowest BCUT2D eigenvalue weighted by molar-refractivity contribution is 0.153. The molecule has 5 rings (SSSR count). The van der Waals surface area contributed by atoms with Crippen LogP contribution in [0.15, 0.2) is 41.2 Å². The Hall–Kier alpha value is -1.54. The number of piperidine rings is 1. The smallest absolute Gasteiger partial charge is 0.0980 e. The summed E-state index contributed by atoms with van der Waals surface area (Å²) in [6.07, 6.45) is 11.9. The minimum absolute atomic E-state index is 0.454. The fourth-order valence-electron chi connectivity index (χ4n) is 4.75. The SMILES string of the molecule is c1cc(-c2ccc3c(c2)C2(CC3)CCN(CC3CC3)CC2)co1. The second-order valence-corrected chi connectivity index (χ2v) is 7.91. The number of hydrogen-bond donors (Lipinski definition) is 0. The van der Waals surface area contributed by atoms with Crippen LogP contribution in [-0.4, -0.2) is 24.5 Å². The summed E-state index contributed by atoms with van der Waals surface area (Å²) in [5, 5.41) is 0. The normalized spacial score (nSPS) is 23.3. The van der Waals surface area contributed by atoms with Crippen LogP contribution in [0.4, 0.5) is 0 Å². The number of likely N-dealkylation sites (tertiary alicyclic amines) is 1. The van der Waals surface area contributed by atoms with E-state index in [0.29, 0.717) is 5.41 Å². The lowest BCUT2D eigenvalue weighted by atomic mass is 9.73. The molecule has 1 aliphatic heterocycles. The van der Waals surface area contributed by atoms with Crippen molar-refractivity contribution >= 4 is 0 Å². The lowest BCUT2D eigenvalue weighted by Gasteiger charge is -2.40. The van der Waals surface area contributed by atoms with Gasteiger partial charge in [-0.05, 0) is 85.7 Å². The van der Waals surface area contributed by atoms with Gasteiger partial charge in [0.1, 0.15) is 0 Å². The third kappa shape index (κ3) is 2.44. The van der Waals surface area contributed by atoms with E-state index in [4.69, 9.17) is 4.42 Å². The van der Waals surface area contributed by atoms with Gasteiger partial charge in [0.25, 0.3) is 0 Å². The average molecular weight is 307 g/mol. The number of benzene rings is 1. The van der Waals surface area contributed by atoms with E-state index in [2.05, 4.69) is 29.2 Å². The molecule has 0 N–H and O–H groups in total. The van der Waals surface area contributed by atoms with Crippen LogP contribution in [0.5, 0.6) is 0 Å². The molecule has 2 nitrogen and oxygen atoms in total. The number of hydrogen-bond acceptors (Lipinski definition) is 2. The molecule has 2 heterocycles. The minimum Gasteiger partial charge on any atom is -0.472 e. The Balaban J connectivity index is 1.41. The monoisotopic (exact) mass is 307 g/mol. The first kappa shape index (κ1) is 13.9. The van der Waals surface area contributed by atoms with E-state index in [9.17, 15) is 0 Å². The molecule has 1 saturated heterocycles. The number of nitrogens with zero attached hydrogens (tertiary/aromatic N) is 1. The highest BCUT2D eigenvalue weighted by molar-refractivity contribution is 5.65. The van der Waals surface area contributed by atoms with Gasteiger partial charge in [0, 0.05) is 12.1 Å². The second-order valence-electron chi connectivity index (χ2n) is 7.91. The minimum atomic E-state index is 0.454. The summed E-state index contributed by atoms with van der Waals surface area (Å²) in [5.74, 6) is 1.02. The van der Waals surface area contributed by atoms with Gasteiger partial charge in [-0.15, -0.1) is 0 Å². The van der Waals surface area contributed by atoms with Crippen LogP contribution >= 0.6 is 0 Å². The third-order valence-electron chi connectivity index (χ3n) is 6.44. The molecule has 0 radical (unpaired) electrons. The number of furan rings is 1. The van der Waals surface area contributed by atoms with Gasteiger partial charge in [-0.3, -0.25) is 0 Å². The molecule has 0 atom stereocenters. The van der Waals surface area contributed by atoms with E-state index >= 15 is 0 Å². The summed E-state index contributed by atoms with van der Waals surface area (Å²) < 4.78 is 5.28. The Bertz CT molecular complexity index is 691. The Morgan fingerprint density at radius 1 is 1.04 bits per heavy atom. The van der Waals surface area contributed by atoms with Crippen LogP contribution < -0.4 is 0 Å². The average Bonchev–Trinajstić information content (AvgIpc) is 3.11. The Morgan fingerprint density at radius 2 is 1.91 bits per heavy atom. The fraction of sp³-hybridized carbons (Fsp3) is 0.524. The standard InChI is InChI=1S/C21H25NO/c1-2-16(1)14-22-10-8-21(9-11-22)7-5-17-3-4-18(13-20(17)21)19-6-12-23-15-19/h3-4,6,12-13,15-16H,1-2,5,7-11,14H2. The van der Waals surface area contributed by atoms with E-state index in [-0.39, 0.29) is 0 Å². The van der Waals surface area contributed by atoms with Crippen molar-refractivity contribution in [3.8, 4) is 11.1 Å². The molecule has 120 valence electrons. The van der Waals surface area contributed by atoms with Gasteiger partial charge in [-0.25, -0.2) is 0 Å². The Labute approximate surface area is 138 Å². The zero-order valence-electron chi connectivity index (χ0n) is 13.8. The van der Waals surface area contributed by atoms with Crippen molar-refractivity contribution in [1.82, 2.24) is 4.90 Å². The highest BCUT2D eigenvalue weighted by Gasteiger charge is 2.41. The molecule has 2 heteroatoms. The van der Waals surface area contributed by atoms with Gasteiger partial charge in [-0.2, -0.15) is 0 Å². The van der Waals surface area contributed by atoms with Gasteiger partial charge >= 0.3 is 0 Å². The zero-order valence-corrected chi connectivity index (χ0v) is 13.8. The molecule has 0 bridgehead atoms. The number of rotatable bonds is 3. The van der Waals surface area contributed by atoms with E-state index in [1.807, 2.05) is 6.26 Å². The van der Waals surface area contributed by atoms with Crippen molar-refractivity contribution in [2.45, 2.75) is 43.9 Å². The van der Waals surface area contributed by atoms with Crippen molar-refractivity contribution < 1.29 is 4.42 Å². The maximum absolute atomic E-state index is 5.28. The Kier molecular flexibility index (Phi) is 3.16. The Morgan fingerprint density at radius 3 is 2.65 bits per heavy atom. The first-order valence-electron chi connectivity index (χ1n) is 9.21. The van der Waals surface area contributed by atoms with Crippen molar-refractivity contribution in [2.75, 3.05) is 19.6 Å². The maximum atomic E-state index is 5.28. The van der Waals surface area contributed by atoms with Gasteiger partial charge in [-0.1, -0.05) is 18.2 Å². The molecule has 2 fully saturated rings. The summed E-state index contributed by atoms with van der Waals surface area (Å²) in [6.45, 7) is 3.95. The summed E-state index contributed by atoms with van der Waals surface area (Å²) in [6, 6.07) is 9.17. The highest BCUT2D eigenvalue weighted by atomic mass is 16.3. The predicted molar refractivity (Wildman–Crippen MR) is 92.5 cm³/mol. The largest absolute Gasteiger partial charge is 0.472 e. The van der Waals surface area contributed by atoms with Gasteiger partial charge in [0.2, 0.25) is 0 Å². The van der Waals surface area contributed by atoms with Crippen LogP contribution in [-0.2, 0) is 11.8 Å². The van der Waals surface area contributed by atoms with E-state index in [0.717, 1.165) is 5.92 Å². The van der Waals surface area contributed by atoms with Crippen molar-refractivity contribution in [1.29, 1.82) is 0 Å². The maximum Gasteiger partial charge on any atom is 0.0980 e. The van der Waals surface area contributed by atoms with E-state index < -0.39 is 0 Å². The number of fused-ring (bicyclic) bond motifs is 2. The molecular weight excluding hydrogens is 282 g/mol. The van der Waals surface area contributed by atoms with E-state index in [1.165, 1.54) is 69.3 Å². The summed E-state index contributed by atoms with van der Waals surface area (Å²) in [7, 11) is 0. The molecule has 2 aliphatic carbocycles. The van der Waals surface area contributed by atoms with Gasteiger partial charge in [0.05, 0.1) is 12.5 Å². The van der Waals surface area contributed by atoms with Crippen LogP contribution in [0.3, 0.4) is 0 Å². The molecule has 1 spiro atoms. The first-order chi connectivity index (χ1) is 11.3. The van der Waals surface area contributed by atoms with Crippen LogP contribution in [0.2, 0.25) is 0 Å². The molecule has 0 amide bonds. The zero-order chi connectivity index (χ0) is 15.3.